The van der Waals surface area contributed by atoms with Crippen molar-refractivity contribution >= 4 is 62.4 Å². The number of aromatic nitrogens is 2. The topological polar surface area (TPSA) is 181 Å². The molecule has 0 aliphatic carbocycles. The van der Waals surface area contributed by atoms with Crippen molar-refractivity contribution in [3.8, 4) is 11.5 Å². The summed E-state index contributed by atoms with van der Waals surface area (Å²) >= 11 is 1.49. The fourth-order valence-electron chi connectivity index (χ4n) is 7.44. The molecule has 0 bridgehead atoms. The van der Waals surface area contributed by atoms with Crippen LogP contribution in [-0.2, 0) is 13.0 Å². The number of fused-ring (bicyclic) bond motifs is 2. The number of H-pyrrole nitrogens is 1. The van der Waals surface area contributed by atoms with Crippen molar-refractivity contribution in [3.63, 3.8) is 0 Å². The molecule has 13 heteroatoms. The van der Waals surface area contributed by atoms with Gasteiger partial charge in [0.05, 0.1) is 35.5 Å². The number of nitrogens with two attached hydrogens (primary N) is 1. The highest BCUT2D eigenvalue weighted by molar-refractivity contribution is 7.99. The SMILES string of the molecule is COc1cccc(Nc2c(C(N)=O)cnc3c(C)cc(Sc4cccc(C(=O)Nc5ccc(CCNCC(O)c6ccc(OCc7ccccc7)c7[nH]c(=O)ccc67)cc5)c4)cc23)c1. The summed E-state index contributed by atoms with van der Waals surface area (Å²) in [7, 11) is 1.59. The minimum Gasteiger partial charge on any atom is -0.497 e. The van der Waals surface area contributed by atoms with Crippen molar-refractivity contribution in [1.29, 1.82) is 0 Å². The minimum atomic E-state index is -0.822. The van der Waals surface area contributed by atoms with Crippen LogP contribution in [0.15, 0.2) is 160 Å². The molecule has 0 saturated heterocycles. The monoisotopic (exact) mass is 870 g/mol. The summed E-state index contributed by atoms with van der Waals surface area (Å²) in [6.45, 7) is 3.23. The first-order chi connectivity index (χ1) is 31.1. The first kappa shape index (κ1) is 43.2. The molecular weight excluding hydrogens is 825 g/mol. The van der Waals surface area contributed by atoms with Crippen LogP contribution in [0.1, 0.15) is 49.1 Å². The Hall–Kier alpha value is -7.45. The number of amides is 2. The van der Waals surface area contributed by atoms with Crippen LogP contribution >= 0.6 is 11.8 Å². The number of pyridine rings is 2. The lowest BCUT2D eigenvalue weighted by molar-refractivity contribution is 0.0998. The zero-order chi connectivity index (χ0) is 44.6. The van der Waals surface area contributed by atoms with E-state index < -0.39 is 12.0 Å². The Bertz CT molecular complexity index is 3030. The normalized spacial score (nSPS) is 11.6. The number of aliphatic hydroxyl groups is 1. The zero-order valence-electron chi connectivity index (χ0n) is 35.2. The molecule has 1 unspecified atom stereocenters. The Labute approximate surface area is 373 Å². The molecule has 0 saturated carbocycles. The number of carbonyl (C=O) groups is 2. The third-order valence-corrected chi connectivity index (χ3v) is 11.7. The van der Waals surface area contributed by atoms with Gasteiger partial charge in [0.2, 0.25) is 5.56 Å². The first-order valence-corrected chi connectivity index (χ1v) is 21.5. The number of nitrogens with zero attached hydrogens (tertiary/aromatic N) is 1. The van der Waals surface area contributed by atoms with E-state index in [0.717, 1.165) is 48.5 Å². The lowest BCUT2D eigenvalue weighted by Gasteiger charge is -2.17. The molecule has 1 atom stereocenters. The molecule has 6 aromatic carbocycles. The van der Waals surface area contributed by atoms with Crippen LogP contribution in [0.3, 0.4) is 0 Å². The molecule has 12 nitrogen and oxygen atoms in total. The summed E-state index contributed by atoms with van der Waals surface area (Å²) in [5.74, 6) is 0.354. The van der Waals surface area contributed by atoms with Gasteiger partial charge in [-0.05, 0) is 109 Å². The van der Waals surface area contributed by atoms with Crippen molar-refractivity contribution in [2.24, 2.45) is 5.73 Å². The average molecular weight is 871 g/mol. The maximum absolute atomic E-state index is 13.5. The Kier molecular flexibility index (Phi) is 13.3. The predicted molar refractivity (Wildman–Crippen MR) is 253 cm³/mol. The molecule has 2 aromatic heterocycles. The Morgan fingerprint density at radius 1 is 0.828 bits per heavy atom. The first-order valence-electron chi connectivity index (χ1n) is 20.7. The van der Waals surface area contributed by atoms with Crippen LogP contribution < -0.4 is 36.7 Å². The van der Waals surface area contributed by atoms with Gasteiger partial charge in [-0.2, -0.15) is 0 Å². The van der Waals surface area contributed by atoms with Gasteiger partial charge in [-0.25, -0.2) is 0 Å². The van der Waals surface area contributed by atoms with E-state index in [1.165, 1.54) is 24.0 Å². The molecule has 0 aliphatic rings. The summed E-state index contributed by atoms with van der Waals surface area (Å²) in [6, 6.07) is 43.1. The number of aromatic amines is 1. The largest absolute Gasteiger partial charge is 0.497 e. The molecule has 8 rings (SSSR count). The van der Waals surface area contributed by atoms with Crippen molar-refractivity contribution in [2.45, 2.75) is 35.8 Å². The fraction of sp³-hybridized carbons (Fsp3) is 0.137. The minimum absolute atomic E-state index is 0.243. The second kappa shape index (κ2) is 19.7. The number of benzene rings is 6. The number of anilines is 3. The highest BCUT2D eigenvalue weighted by Gasteiger charge is 2.18. The third kappa shape index (κ3) is 10.2. The van der Waals surface area contributed by atoms with Crippen LogP contribution in [0.25, 0.3) is 21.8 Å². The van der Waals surface area contributed by atoms with Crippen molar-refractivity contribution < 1.29 is 24.2 Å². The average Bonchev–Trinajstić information content (AvgIpc) is 3.30. The molecule has 2 amide bonds. The molecule has 0 spiro atoms. The Balaban J connectivity index is 0.873. The number of rotatable bonds is 17. The molecule has 0 aliphatic heterocycles. The fourth-order valence-corrected chi connectivity index (χ4v) is 8.46. The van der Waals surface area contributed by atoms with Crippen LogP contribution in [-0.4, -0.2) is 47.1 Å². The maximum atomic E-state index is 13.5. The number of ether oxygens (including phenoxy) is 2. The van der Waals surface area contributed by atoms with Gasteiger partial charge < -0.3 is 41.2 Å². The van der Waals surface area contributed by atoms with E-state index in [1.807, 2.05) is 122 Å². The molecule has 8 aromatic rings. The lowest BCUT2D eigenvalue weighted by Crippen LogP contribution is -2.24. The van der Waals surface area contributed by atoms with Gasteiger partial charge in [0.15, 0.2) is 0 Å². The summed E-state index contributed by atoms with van der Waals surface area (Å²) in [4.78, 5) is 47.4. The van der Waals surface area contributed by atoms with Gasteiger partial charge in [0.25, 0.3) is 11.8 Å². The van der Waals surface area contributed by atoms with E-state index in [0.29, 0.717) is 65.6 Å². The molecule has 322 valence electrons. The van der Waals surface area contributed by atoms with Gasteiger partial charge in [0, 0.05) is 62.4 Å². The number of carbonyl (C=O) groups excluding carboxylic acids is 2. The van der Waals surface area contributed by atoms with E-state index in [2.05, 4.69) is 25.9 Å². The number of aryl methyl sites for hydroxylation is 1. The van der Waals surface area contributed by atoms with Crippen LogP contribution in [0, 0.1) is 6.92 Å². The van der Waals surface area contributed by atoms with Gasteiger partial charge in [-0.15, -0.1) is 0 Å². The molecule has 2 heterocycles. The Morgan fingerprint density at radius 3 is 2.44 bits per heavy atom. The molecule has 7 N–H and O–H groups in total. The summed E-state index contributed by atoms with van der Waals surface area (Å²) in [5, 5.41) is 22.3. The summed E-state index contributed by atoms with van der Waals surface area (Å²) in [6.07, 6.45) is 1.37. The summed E-state index contributed by atoms with van der Waals surface area (Å²) in [5.41, 5.74) is 13.2. The van der Waals surface area contributed by atoms with Crippen LogP contribution in [0.2, 0.25) is 0 Å². The molecular formula is C51H46N6O6S. The number of aliphatic hydroxyl groups excluding tert-OH is 1. The van der Waals surface area contributed by atoms with Gasteiger partial charge in [-0.3, -0.25) is 19.4 Å². The highest BCUT2D eigenvalue weighted by atomic mass is 32.2. The van der Waals surface area contributed by atoms with Gasteiger partial charge in [0.1, 0.15) is 18.1 Å². The standard InChI is InChI=1S/C51H46N6O6S/c1-31-24-39(27-42-47(31)54-28-43(50(52)60)48(42)55-36-11-7-12-37(26-36)62-2)64-38-13-6-10-34(25-38)51(61)56-35-16-14-32(15-17-35)22-23-53-29-44(58)40-18-20-45(49-41(40)19-21-46(59)57-49)63-30-33-8-4-3-5-9-33/h3-21,24-28,44,53,58H,22-23,29-30H2,1-2H3,(H2,52,60)(H,54,55)(H,56,61)(H,57,59). The highest BCUT2D eigenvalue weighted by Crippen LogP contribution is 2.37. The van der Waals surface area contributed by atoms with Crippen molar-refractivity contribution in [2.75, 3.05) is 30.8 Å². The van der Waals surface area contributed by atoms with Crippen LogP contribution in [0.5, 0.6) is 11.5 Å². The van der Waals surface area contributed by atoms with Gasteiger partial charge in [-0.1, -0.05) is 72.4 Å². The van der Waals surface area contributed by atoms with E-state index in [9.17, 15) is 19.5 Å². The second-order valence-corrected chi connectivity index (χ2v) is 16.3. The summed E-state index contributed by atoms with van der Waals surface area (Å²) < 4.78 is 11.4. The zero-order valence-corrected chi connectivity index (χ0v) is 36.0. The lowest BCUT2D eigenvalue weighted by atomic mass is 10.0. The number of methoxy groups -OCH3 is 1. The maximum Gasteiger partial charge on any atom is 0.255 e. The number of primary amides is 1. The second-order valence-electron chi connectivity index (χ2n) is 15.2. The van der Waals surface area contributed by atoms with Crippen LogP contribution in [0.4, 0.5) is 17.1 Å². The Morgan fingerprint density at radius 2 is 1.64 bits per heavy atom. The van der Waals surface area contributed by atoms with E-state index in [-0.39, 0.29) is 17.0 Å². The molecule has 0 fully saturated rings. The smallest absolute Gasteiger partial charge is 0.255 e. The number of hydrogen-bond donors (Lipinski definition) is 6. The van der Waals surface area contributed by atoms with E-state index in [1.54, 1.807) is 25.3 Å². The molecule has 0 radical (unpaired) electrons. The number of hydrogen-bond acceptors (Lipinski definition) is 10. The van der Waals surface area contributed by atoms with Crippen molar-refractivity contribution in [3.05, 3.63) is 189 Å². The predicted octanol–water partition coefficient (Wildman–Crippen LogP) is 9.08. The third-order valence-electron chi connectivity index (χ3n) is 10.7. The van der Waals surface area contributed by atoms with Crippen molar-refractivity contribution in [1.82, 2.24) is 15.3 Å². The van der Waals surface area contributed by atoms with Gasteiger partial charge >= 0.3 is 0 Å². The van der Waals surface area contributed by atoms with E-state index >= 15 is 0 Å². The quantitative estimate of drug-likeness (QED) is 0.0483. The molecule has 64 heavy (non-hydrogen) atoms. The van der Waals surface area contributed by atoms with E-state index in [4.69, 9.17) is 15.2 Å². The number of nitrogens with one attached hydrogen (secondary N) is 4.